The number of anilines is 2. The van der Waals surface area contributed by atoms with E-state index in [9.17, 15) is 0 Å². The molecular weight excluding hydrogens is 420 g/mol. The van der Waals surface area contributed by atoms with Gasteiger partial charge in [-0.2, -0.15) is 9.47 Å². The number of imidazole rings is 1. The summed E-state index contributed by atoms with van der Waals surface area (Å²) in [5, 5.41) is 8.83. The van der Waals surface area contributed by atoms with Crippen LogP contribution in [-0.2, 0) is 13.1 Å². The Kier molecular flexibility index (Phi) is 6.86. The quantitative estimate of drug-likeness (QED) is 0.365. The number of hydrogen-bond acceptors (Lipinski definition) is 7. The Bertz CT molecular complexity index is 1170. The first-order valence-corrected chi connectivity index (χ1v) is 12.1. The monoisotopic (exact) mass is 452 g/mol. The number of hydrogen-bond donors (Lipinski definition) is 1. The molecule has 0 radical (unpaired) electrons. The Balaban J connectivity index is 1.56. The lowest BCUT2D eigenvalue weighted by Crippen LogP contribution is -2.27. The molecule has 0 aromatic carbocycles. The standard InChI is InChI=1S/C23H32N8S/c1-6-16(4)12-29(7-2)15-19-9-21(32-28-19)27-22-23-24-11-20(31(23)13-17(5)26-22)18-10-25-30(8-3)14-18/h9-11,13-14,16H,6-8,12,15H2,1-5H3,(H,26,27). The maximum Gasteiger partial charge on any atom is 0.180 e. The van der Waals surface area contributed by atoms with Crippen LogP contribution >= 0.6 is 11.5 Å². The van der Waals surface area contributed by atoms with Crippen LogP contribution in [0.15, 0.2) is 30.9 Å². The van der Waals surface area contributed by atoms with Crippen molar-refractivity contribution in [3.05, 3.63) is 42.2 Å². The summed E-state index contributed by atoms with van der Waals surface area (Å²) in [6, 6.07) is 2.12. The maximum absolute atomic E-state index is 4.72. The van der Waals surface area contributed by atoms with Gasteiger partial charge in [-0.15, -0.1) is 0 Å². The van der Waals surface area contributed by atoms with Gasteiger partial charge in [-0.05, 0) is 43.9 Å². The van der Waals surface area contributed by atoms with Crippen LogP contribution in [0.5, 0.6) is 0 Å². The molecule has 1 N–H and O–H groups in total. The topological polar surface area (TPSA) is 76.2 Å². The second kappa shape index (κ2) is 9.79. The van der Waals surface area contributed by atoms with Gasteiger partial charge in [0.2, 0.25) is 0 Å². The molecule has 9 heteroatoms. The van der Waals surface area contributed by atoms with E-state index in [0.29, 0.717) is 5.92 Å². The zero-order chi connectivity index (χ0) is 22.7. The van der Waals surface area contributed by atoms with E-state index in [4.69, 9.17) is 4.98 Å². The molecule has 0 bridgehead atoms. The number of nitrogens with one attached hydrogen (secondary N) is 1. The normalized spacial score (nSPS) is 12.7. The van der Waals surface area contributed by atoms with E-state index in [1.165, 1.54) is 18.0 Å². The Morgan fingerprint density at radius 3 is 2.75 bits per heavy atom. The Labute approximate surface area is 193 Å². The first-order valence-electron chi connectivity index (χ1n) is 11.3. The van der Waals surface area contributed by atoms with E-state index in [2.05, 4.69) is 62.8 Å². The first-order chi connectivity index (χ1) is 15.5. The van der Waals surface area contributed by atoms with Crippen molar-refractivity contribution >= 4 is 28.0 Å². The average molecular weight is 453 g/mol. The molecule has 1 atom stereocenters. The lowest BCUT2D eigenvalue weighted by atomic mass is 10.1. The highest BCUT2D eigenvalue weighted by Gasteiger charge is 2.15. The van der Waals surface area contributed by atoms with Crippen LogP contribution < -0.4 is 5.32 Å². The van der Waals surface area contributed by atoms with E-state index >= 15 is 0 Å². The summed E-state index contributed by atoms with van der Waals surface area (Å²) in [6.45, 7) is 14.7. The average Bonchev–Trinajstić information content (AvgIpc) is 3.52. The van der Waals surface area contributed by atoms with Crippen molar-refractivity contribution in [1.29, 1.82) is 0 Å². The van der Waals surface area contributed by atoms with Crippen LogP contribution in [0, 0.1) is 12.8 Å². The number of rotatable bonds is 10. The lowest BCUT2D eigenvalue weighted by molar-refractivity contribution is 0.236. The van der Waals surface area contributed by atoms with Crippen LogP contribution in [0.3, 0.4) is 0 Å². The SMILES string of the molecule is CCC(C)CN(CC)Cc1cc(Nc2nc(C)cn3c(-c4cnn(CC)c4)cnc23)sn1. The van der Waals surface area contributed by atoms with Crippen molar-refractivity contribution in [2.24, 2.45) is 5.92 Å². The molecule has 0 saturated carbocycles. The van der Waals surface area contributed by atoms with Gasteiger partial charge < -0.3 is 5.32 Å². The van der Waals surface area contributed by atoms with Gasteiger partial charge in [0.1, 0.15) is 5.00 Å². The molecule has 4 rings (SSSR count). The van der Waals surface area contributed by atoms with Crippen LogP contribution in [0.2, 0.25) is 0 Å². The third-order valence-corrected chi connectivity index (χ3v) is 6.51. The fourth-order valence-electron chi connectivity index (χ4n) is 3.74. The summed E-state index contributed by atoms with van der Waals surface area (Å²) in [6.07, 6.45) is 9.01. The van der Waals surface area contributed by atoms with Gasteiger partial charge in [0.25, 0.3) is 0 Å². The first kappa shape index (κ1) is 22.4. The van der Waals surface area contributed by atoms with E-state index in [1.807, 2.05) is 36.4 Å². The van der Waals surface area contributed by atoms with Crippen molar-refractivity contribution < 1.29 is 0 Å². The summed E-state index contributed by atoms with van der Waals surface area (Å²) in [4.78, 5) is 11.8. The Morgan fingerprint density at radius 1 is 1.19 bits per heavy atom. The molecular formula is C23H32N8S. The Hall–Kier alpha value is -2.78. The van der Waals surface area contributed by atoms with Gasteiger partial charge in [0.15, 0.2) is 11.5 Å². The maximum atomic E-state index is 4.72. The highest BCUT2D eigenvalue weighted by atomic mass is 32.1. The highest BCUT2D eigenvalue weighted by molar-refractivity contribution is 7.10. The van der Waals surface area contributed by atoms with E-state index in [-0.39, 0.29) is 0 Å². The van der Waals surface area contributed by atoms with Crippen molar-refractivity contribution in [3.63, 3.8) is 0 Å². The molecule has 0 aliphatic carbocycles. The summed E-state index contributed by atoms with van der Waals surface area (Å²) in [5.41, 5.74) is 4.83. The Morgan fingerprint density at radius 2 is 2.03 bits per heavy atom. The summed E-state index contributed by atoms with van der Waals surface area (Å²) in [5.74, 6) is 1.43. The fourth-order valence-corrected chi connectivity index (χ4v) is 4.40. The summed E-state index contributed by atoms with van der Waals surface area (Å²) in [7, 11) is 0. The largest absolute Gasteiger partial charge is 0.328 e. The molecule has 0 amide bonds. The van der Waals surface area contributed by atoms with Gasteiger partial charge in [-0.25, -0.2) is 9.97 Å². The molecule has 170 valence electrons. The molecule has 0 spiro atoms. The second-order valence-corrected chi connectivity index (χ2v) is 9.11. The molecule has 1 unspecified atom stereocenters. The van der Waals surface area contributed by atoms with Crippen LogP contribution in [0.1, 0.15) is 45.5 Å². The second-order valence-electron chi connectivity index (χ2n) is 8.30. The van der Waals surface area contributed by atoms with Crippen molar-refractivity contribution in [2.75, 3.05) is 18.4 Å². The van der Waals surface area contributed by atoms with E-state index in [1.54, 1.807) is 0 Å². The summed E-state index contributed by atoms with van der Waals surface area (Å²) < 4.78 is 8.67. The minimum atomic E-state index is 0.690. The number of fused-ring (bicyclic) bond motifs is 1. The van der Waals surface area contributed by atoms with Gasteiger partial charge in [0, 0.05) is 37.6 Å². The third-order valence-electron chi connectivity index (χ3n) is 5.77. The van der Waals surface area contributed by atoms with E-state index < -0.39 is 0 Å². The van der Waals surface area contributed by atoms with Gasteiger partial charge in [-0.1, -0.05) is 27.2 Å². The van der Waals surface area contributed by atoms with Gasteiger partial charge >= 0.3 is 0 Å². The van der Waals surface area contributed by atoms with Crippen molar-refractivity contribution in [2.45, 2.75) is 54.1 Å². The lowest BCUT2D eigenvalue weighted by Gasteiger charge is -2.22. The van der Waals surface area contributed by atoms with Crippen LogP contribution in [0.4, 0.5) is 10.8 Å². The number of aromatic nitrogens is 6. The molecule has 0 saturated heterocycles. The molecule has 0 aliphatic rings. The molecule has 0 aliphatic heterocycles. The smallest absolute Gasteiger partial charge is 0.180 e. The number of aryl methyl sites for hydroxylation is 2. The van der Waals surface area contributed by atoms with Crippen molar-refractivity contribution in [1.82, 2.24) is 33.4 Å². The molecule has 8 nitrogen and oxygen atoms in total. The van der Waals surface area contributed by atoms with Crippen LogP contribution in [-0.4, -0.2) is 46.5 Å². The van der Waals surface area contributed by atoms with Gasteiger partial charge in [-0.3, -0.25) is 14.0 Å². The highest BCUT2D eigenvalue weighted by Crippen LogP contribution is 2.28. The fraction of sp³-hybridized carbons (Fsp3) is 0.478. The van der Waals surface area contributed by atoms with E-state index in [0.717, 1.165) is 65.3 Å². The van der Waals surface area contributed by atoms with Crippen LogP contribution in [0.25, 0.3) is 16.9 Å². The molecule has 4 aromatic rings. The zero-order valence-electron chi connectivity index (χ0n) is 19.5. The molecule has 4 aromatic heterocycles. The molecule has 32 heavy (non-hydrogen) atoms. The predicted octanol–water partition coefficient (Wildman–Crippen LogP) is 4.99. The minimum absolute atomic E-state index is 0.690. The third kappa shape index (κ3) is 4.83. The predicted molar refractivity (Wildman–Crippen MR) is 130 cm³/mol. The van der Waals surface area contributed by atoms with Crippen molar-refractivity contribution in [3.8, 4) is 11.3 Å². The minimum Gasteiger partial charge on any atom is -0.328 e. The zero-order valence-corrected chi connectivity index (χ0v) is 20.4. The van der Waals surface area contributed by atoms with Gasteiger partial charge in [0.05, 0.1) is 29.5 Å². The molecule has 0 fully saturated rings. The number of nitrogens with zero attached hydrogens (tertiary/aromatic N) is 7. The molecule has 4 heterocycles. The summed E-state index contributed by atoms with van der Waals surface area (Å²) >= 11 is 1.47.